The van der Waals surface area contributed by atoms with Crippen LogP contribution in [0.25, 0.3) is 10.6 Å². The van der Waals surface area contributed by atoms with Crippen LogP contribution in [0.1, 0.15) is 25.8 Å². The van der Waals surface area contributed by atoms with Gasteiger partial charge in [0.2, 0.25) is 0 Å². The van der Waals surface area contributed by atoms with E-state index in [1.807, 2.05) is 18.2 Å². The van der Waals surface area contributed by atoms with Gasteiger partial charge in [-0.25, -0.2) is 0 Å². The molecule has 0 unspecified atom stereocenters. The maximum Gasteiger partial charge on any atom is 0.149 e. The fraction of sp³-hybridized carbons (Fsp3) is 0.429. The monoisotopic (exact) mass is 373 g/mol. The van der Waals surface area contributed by atoms with Gasteiger partial charge in [0, 0.05) is 28.5 Å². The maximum atomic E-state index is 6.28. The number of aromatic nitrogens is 2. The standard InChI is InChI=1S/C14H17BrClN3S/c1-14(2,3)17-8-7-11-18-19-13(20-11)9-5-4-6-10(15)12(9)16/h4-6,17H,7-8H2,1-3H3. The van der Waals surface area contributed by atoms with Crippen LogP contribution in [0.3, 0.4) is 0 Å². The Morgan fingerprint density at radius 1 is 1.30 bits per heavy atom. The van der Waals surface area contributed by atoms with Crippen molar-refractivity contribution in [1.29, 1.82) is 0 Å². The third kappa shape index (κ3) is 4.25. The van der Waals surface area contributed by atoms with Crippen molar-refractivity contribution < 1.29 is 0 Å². The van der Waals surface area contributed by atoms with Crippen LogP contribution in [0.2, 0.25) is 5.02 Å². The zero-order chi connectivity index (χ0) is 14.8. The number of nitrogens with zero attached hydrogens (tertiary/aromatic N) is 2. The Hall–Kier alpha value is -0.490. The summed E-state index contributed by atoms with van der Waals surface area (Å²) in [5.74, 6) is 0. The minimum atomic E-state index is 0.126. The molecule has 1 N–H and O–H groups in total. The van der Waals surface area contributed by atoms with E-state index >= 15 is 0 Å². The Balaban J connectivity index is 2.07. The second-order valence-corrected chi connectivity index (χ2v) is 7.82. The third-order valence-electron chi connectivity index (χ3n) is 2.64. The van der Waals surface area contributed by atoms with Gasteiger partial charge in [-0.15, -0.1) is 10.2 Å². The Kier molecular flexibility index (Phi) is 5.18. The summed E-state index contributed by atoms with van der Waals surface area (Å²) in [6.07, 6.45) is 0.876. The highest BCUT2D eigenvalue weighted by Crippen LogP contribution is 2.34. The van der Waals surface area contributed by atoms with Gasteiger partial charge in [-0.1, -0.05) is 35.1 Å². The number of benzene rings is 1. The molecule has 0 spiro atoms. The minimum Gasteiger partial charge on any atom is -0.312 e. The first-order valence-electron chi connectivity index (χ1n) is 6.38. The molecule has 1 heterocycles. The molecule has 0 saturated carbocycles. The van der Waals surface area contributed by atoms with Crippen molar-refractivity contribution in [3.63, 3.8) is 0 Å². The van der Waals surface area contributed by atoms with Crippen LogP contribution in [0, 0.1) is 0 Å². The fourth-order valence-corrected chi connectivity index (χ4v) is 3.19. The first kappa shape index (κ1) is 15.9. The maximum absolute atomic E-state index is 6.28. The summed E-state index contributed by atoms with van der Waals surface area (Å²) < 4.78 is 0.878. The number of hydrogen-bond acceptors (Lipinski definition) is 4. The minimum absolute atomic E-state index is 0.126. The number of nitrogens with one attached hydrogen (secondary N) is 1. The first-order chi connectivity index (χ1) is 9.37. The molecule has 2 aromatic rings. The Morgan fingerprint density at radius 2 is 2.05 bits per heavy atom. The summed E-state index contributed by atoms with van der Waals surface area (Å²) in [5.41, 5.74) is 1.05. The topological polar surface area (TPSA) is 37.8 Å². The molecule has 6 heteroatoms. The highest BCUT2D eigenvalue weighted by atomic mass is 79.9. The van der Waals surface area contributed by atoms with Crippen molar-refractivity contribution in [2.75, 3.05) is 6.54 Å². The molecule has 1 aromatic heterocycles. The summed E-state index contributed by atoms with van der Waals surface area (Å²) >= 11 is 11.3. The van der Waals surface area contributed by atoms with Crippen molar-refractivity contribution >= 4 is 38.9 Å². The van der Waals surface area contributed by atoms with Crippen molar-refractivity contribution in [2.45, 2.75) is 32.7 Å². The molecular formula is C14H17BrClN3S. The largest absolute Gasteiger partial charge is 0.312 e. The molecule has 20 heavy (non-hydrogen) atoms. The predicted octanol–water partition coefficient (Wildman–Crippen LogP) is 4.55. The van der Waals surface area contributed by atoms with Crippen LogP contribution < -0.4 is 5.32 Å². The number of hydrogen-bond donors (Lipinski definition) is 1. The van der Waals surface area contributed by atoms with Gasteiger partial charge in [-0.2, -0.15) is 0 Å². The normalized spacial score (nSPS) is 11.8. The van der Waals surface area contributed by atoms with E-state index in [9.17, 15) is 0 Å². The van der Waals surface area contributed by atoms with E-state index in [0.29, 0.717) is 5.02 Å². The van der Waals surface area contributed by atoms with Crippen molar-refractivity contribution in [3.8, 4) is 10.6 Å². The highest BCUT2D eigenvalue weighted by Gasteiger charge is 2.13. The molecule has 1 aromatic carbocycles. The molecule has 0 atom stereocenters. The summed E-state index contributed by atoms with van der Waals surface area (Å²) in [4.78, 5) is 0. The first-order valence-corrected chi connectivity index (χ1v) is 8.37. The molecular weight excluding hydrogens is 358 g/mol. The number of halogens is 2. The molecule has 0 aliphatic carbocycles. The third-order valence-corrected chi connectivity index (χ3v) is 4.96. The van der Waals surface area contributed by atoms with Crippen molar-refractivity contribution in [2.24, 2.45) is 0 Å². The van der Waals surface area contributed by atoms with Crippen LogP contribution >= 0.6 is 38.9 Å². The molecule has 0 saturated heterocycles. The molecule has 3 nitrogen and oxygen atoms in total. The van der Waals surface area contributed by atoms with Crippen LogP contribution in [-0.2, 0) is 6.42 Å². The quantitative estimate of drug-likeness (QED) is 0.853. The van der Waals surface area contributed by atoms with Gasteiger partial charge >= 0.3 is 0 Å². The van der Waals surface area contributed by atoms with Gasteiger partial charge in [0.25, 0.3) is 0 Å². The summed E-state index contributed by atoms with van der Waals surface area (Å²) in [7, 11) is 0. The van der Waals surface area contributed by atoms with Gasteiger partial charge in [-0.3, -0.25) is 0 Å². The Labute approximate surface area is 136 Å². The lowest BCUT2D eigenvalue weighted by molar-refractivity contribution is 0.429. The van der Waals surface area contributed by atoms with Gasteiger partial charge in [-0.05, 0) is 42.8 Å². The van der Waals surface area contributed by atoms with Crippen LogP contribution in [-0.4, -0.2) is 22.3 Å². The lowest BCUT2D eigenvalue weighted by atomic mass is 10.1. The SMILES string of the molecule is CC(C)(C)NCCc1nnc(-c2cccc(Br)c2Cl)s1. The average Bonchev–Trinajstić information content (AvgIpc) is 2.79. The van der Waals surface area contributed by atoms with Crippen LogP contribution in [0.5, 0.6) is 0 Å². The van der Waals surface area contributed by atoms with E-state index in [1.165, 1.54) is 0 Å². The van der Waals surface area contributed by atoms with E-state index in [0.717, 1.165) is 33.0 Å². The van der Waals surface area contributed by atoms with E-state index in [2.05, 4.69) is 52.2 Å². The molecule has 108 valence electrons. The lowest BCUT2D eigenvalue weighted by Crippen LogP contribution is -2.37. The van der Waals surface area contributed by atoms with Gasteiger partial charge < -0.3 is 5.32 Å². The molecule has 0 bridgehead atoms. The lowest BCUT2D eigenvalue weighted by Gasteiger charge is -2.19. The Morgan fingerprint density at radius 3 is 2.75 bits per heavy atom. The molecule has 0 fully saturated rings. The molecule has 2 rings (SSSR count). The Bertz CT molecular complexity index is 592. The van der Waals surface area contributed by atoms with Crippen LogP contribution in [0.4, 0.5) is 0 Å². The smallest absolute Gasteiger partial charge is 0.149 e. The molecule has 0 aliphatic heterocycles. The summed E-state index contributed by atoms with van der Waals surface area (Å²) in [5, 5.41) is 14.5. The zero-order valence-electron chi connectivity index (χ0n) is 11.7. The van der Waals surface area contributed by atoms with Crippen molar-refractivity contribution in [3.05, 3.63) is 32.7 Å². The highest BCUT2D eigenvalue weighted by molar-refractivity contribution is 9.10. The van der Waals surface area contributed by atoms with E-state index < -0.39 is 0 Å². The van der Waals surface area contributed by atoms with E-state index in [4.69, 9.17) is 11.6 Å². The number of rotatable bonds is 4. The molecule has 0 aliphatic rings. The van der Waals surface area contributed by atoms with E-state index in [1.54, 1.807) is 11.3 Å². The van der Waals surface area contributed by atoms with Crippen LogP contribution in [0.15, 0.2) is 22.7 Å². The predicted molar refractivity (Wildman–Crippen MR) is 89.5 cm³/mol. The fourth-order valence-electron chi connectivity index (χ4n) is 1.68. The second kappa shape index (κ2) is 6.52. The van der Waals surface area contributed by atoms with Crippen molar-refractivity contribution in [1.82, 2.24) is 15.5 Å². The van der Waals surface area contributed by atoms with Gasteiger partial charge in [0.05, 0.1) is 5.02 Å². The summed E-state index contributed by atoms with van der Waals surface area (Å²) in [6.45, 7) is 7.35. The zero-order valence-corrected chi connectivity index (χ0v) is 14.9. The van der Waals surface area contributed by atoms with Gasteiger partial charge in [0.15, 0.2) is 0 Å². The molecule has 0 radical (unpaired) electrons. The second-order valence-electron chi connectivity index (χ2n) is 5.53. The summed E-state index contributed by atoms with van der Waals surface area (Å²) in [6, 6.07) is 5.83. The van der Waals surface area contributed by atoms with E-state index in [-0.39, 0.29) is 5.54 Å². The van der Waals surface area contributed by atoms with Gasteiger partial charge in [0.1, 0.15) is 10.0 Å². The average molecular weight is 375 g/mol. The molecule has 0 amide bonds.